The first-order valence-electron chi connectivity index (χ1n) is 10.9. The van der Waals surface area contributed by atoms with Gasteiger partial charge in [-0.2, -0.15) is 0 Å². The number of carbonyl (C=O) groups is 2. The summed E-state index contributed by atoms with van der Waals surface area (Å²) < 4.78 is 16.8. The number of fused-ring (bicyclic) bond motifs is 1. The Morgan fingerprint density at radius 1 is 1.09 bits per heavy atom. The van der Waals surface area contributed by atoms with Crippen molar-refractivity contribution in [1.82, 2.24) is 4.90 Å². The van der Waals surface area contributed by atoms with Gasteiger partial charge in [-0.15, -0.1) is 0 Å². The summed E-state index contributed by atoms with van der Waals surface area (Å²) in [5.41, 5.74) is 2.50. The Hall–Kier alpha value is -3.42. The van der Waals surface area contributed by atoms with Gasteiger partial charge in [-0.3, -0.25) is 9.59 Å². The second-order valence-electron chi connectivity index (χ2n) is 8.01. The van der Waals surface area contributed by atoms with Crippen LogP contribution in [0, 0.1) is 0 Å². The summed E-state index contributed by atoms with van der Waals surface area (Å²) in [6.07, 6.45) is -0.676. The number of hydrogen-bond donors (Lipinski definition) is 1. The van der Waals surface area contributed by atoms with E-state index in [2.05, 4.69) is 5.32 Å². The van der Waals surface area contributed by atoms with Crippen LogP contribution in [-0.2, 0) is 17.9 Å². The molecule has 7 nitrogen and oxygen atoms in total. The number of ether oxygens (including phenoxy) is 3. The molecule has 1 heterocycles. The molecule has 2 amide bonds. The minimum Gasteiger partial charge on any atom is -0.493 e. The predicted molar refractivity (Wildman–Crippen MR) is 135 cm³/mol. The maximum Gasteiger partial charge on any atom is 0.263 e. The third kappa shape index (κ3) is 5.31. The molecule has 1 aliphatic rings. The maximum absolute atomic E-state index is 13.1. The molecule has 35 heavy (non-hydrogen) atoms. The Kier molecular flexibility index (Phi) is 7.38. The number of halogens is 2. The van der Waals surface area contributed by atoms with Gasteiger partial charge in [0.25, 0.3) is 11.8 Å². The molecule has 0 aromatic heterocycles. The van der Waals surface area contributed by atoms with Crippen LogP contribution in [0.25, 0.3) is 0 Å². The van der Waals surface area contributed by atoms with E-state index in [0.717, 1.165) is 11.1 Å². The third-order valence-electron chi connectivity index (χ3n) is 5.67. The van der Waals surface area contributed by atoms with Crippen molar-refractivity contribution in [2.45, 2.75) is 26.1 Å². The molecule has 1 aliphatic heterocycles. The first-order valence-corrected chi connectivity index (χ1v) is 11.6. The van der Waals surface area contributed by atoms with Gasteiger partial charge in [-0.05, 0) is 49.4 Å². The van der Waals surface area contributed by atoms with Crippen LogP contribution in [0.4, 0.5) is 5.69 Å². The molecule has 182 valence electrons. The van der Waals surface area contributed by atoms with Crippen molar-refractivity contribution in [2.75, 3.05) is 19.5 Å². The quantitative estimate of drug-likeness (QED) is 0.465. The summed E-state index contributed by atoms with van der Waals surface area (Å²) in [6.45, 7) is 2.30. The number of hydrogen-bond acceptors (Lipinski definition) is 5. The van der Waals surface area contributed by atoms with Gasteiger partial charge in [0.1, 0.15) is 5.75 Å². The van der Waals surface area contributed by atoms with E-state index in [9.17, 15) is 9.59 Å². The number of anilines is 1. The highest BCUT2D eigenvalue weighted by molar-refractivity contribution is 6.42. The van der Waals surface area contributed by atoms with Gasteiger partial charge in [0.05, 0.1) is 24.3 Å². The van der Waals surface area contributed by atoms with Crippen molar-refractivity contribution < 1.29 is 23.8 Å². The Bertz CT molecular complexity index is 1280. The summed E-state index contributed by atoms with van der Waals surface area (Å²) in [7, 11) is 3.13. The van der Waals surface area contributed by atoms with Gasteiger partial charge in [0, 0.05) is 35.5 Å². The van der Waals surface area contributed by atoms with Crippen LogP contribution in [0.1, 0.15) is 28.4 Å². The van der Waals surface area contributed by atoms with E-state index in [1.165, 1.54) is 6.07 Å². The van der Waals surface area contributed by atoms with Gasteiger partial charge < -0.3 is 24.4 Å². The Labute approximate surface area is 213 Å². The van der Waals surface area contributed by atoms with E-state index in [-0.39, 0.29) is 18.4 Å². The molecule has 4 rings (SSSR count). The van der Waals surface area contributed by atoms with Crippen LogP contribution in [-0.4, -0.2) is 37.0 Å². The summed E-state index contributed by atoms with van der Waals surface area (Å²) >= 11 is 12.0. The lowest BCUT2D eigenvalue weighted by Gasteiger charge is -2.24. The smallest absolute Gasteiger partial charge is 0.263 e. The molecule has 0 saturated heterocycles. The van der Waals surface area contributed by atoms with Gasteiger partial charge in [-0.25, -0.2) is 0 Å². The topological polar surface area (TPSA) is 77.1 Å². The zero-order valence-electron chi connectivity index (χ0n) is 19.4. The third-order valence-corrected chi connectivity index (χ3v) is 6.41. The van der Waals surface area contributed by atoms with Crippen LogP contribution < -0.4 is 19.5 Å². The minimum absolute atomic E-state index is 0.160. The summed E-state index contributed by atoms with van der Waals surface area (Å²) in [5, 5.41) is 3.53. The largest absolute Gasteiger partial charge is 0.493 e. The van der Waals surface area contributed by atoms with E-state index in [1.807, 2.05) is 12.1 Å². The SMILES string of the molecule is COc1cccc(CN2Cc3cc(NC(=O)c4ccc(Cl)c(Cl)c4)ccc3O[C@@H](C)C2=O)c1OC. The van der Waals surface area contributed by atoms with E-state index < -0.39 is 6.10 Å². The van der Waals surface area contributed by atoms with Crippen LogP contribution in [0.3, 0.4) is 0 Å². The zero-order valence-corrected chi connectivity index (χ0v) is 20.9. The highest BCUT2D eigenvalue weighted by Crippen LogP contribution is 2.34. The molecule has 3 aromatic rings. The average Bonchev–Trinajstić information content (AvgIpc) is 2.96. The predicted octanol–water partition coefficient (Wildman–Crippen LogP) is 5.57. The fourth-order valence-electron chi connectivity index (χ4n) is 3.94. The molecule has 1 N–H and O–H groups in total. The molecule has 0 aliphatic carbocycles. The highest BCUT2D eigenvalue weighted by atomic mass is 35.5. The maximum atomic E-state index is 13.1. The normalized spacial score (nSPS) is 15.1. The van der Waals surface area contributed by atoms with Crippen molar-refractivity contribution in [3.63, 3.8) is 0 Å². The fourth-order valence-corrected chi connectivity index (χ4v) is 4.23. The number of benzene rings is 3. The number of rotatable bonds is 6. The molecular formula is C26H24Cl2N2O5. The van der Waals surface area contributed by atoms with Gasteiger partial charge in [0.2, 0.25) is 0 Å². The summed E-state index contributed by atoms with van der Waals surface area (Å²) in [4.78, 5) is 27.5. The van der Waals surface area contributed by atoms with Crippen LogP contribution in [0.5, 0.6) is 17.2 Å². The fraction of sp³-hybridized carbons (Fsp3) is 0.231. The molecule has 0 spiro atoms. The van der Waals surface area contributed by atoms with Crippen LogP contribution in [0.15, 0.2) is 54.6 Å². The lowest BCUT2D eigenvalue weighted by atomic mass is 10.1. The lowest BCUT2D eigenvalue weighted by Crippen LogP contribution is -2.37. The molecular weight excluding hydrogens is 491 g/mol. The van der Waals surface area contributed by atoms with E-state index in [0.29, 0.717) is 45.1 Å². The standard InChI is InChI=1S/C26H24Cl2N2O5/c1-15-26(32)30(13-17-5-4-6-23(33-2)24(17)34-3)14-18-11-19(8-10-22(18)35-15)29-25(31)16-7-9-20(27)21(28)12-16/h4-12,15H,13-14H2,1-3H3,(H,29,31)/t15-/m0/s1. The number of amides is 2. The second-order valence-corrected chi connectivity index (χ2v) is 8.83. The van der Waals surface area contributed by atoms with Gasteiger partial charge in [-0.1, -0.05) is 35.3 Å². The van der Waals surface area contributed by atoms with Gasteiger partial charge >= 0.3 is 0 Å². The van der Waals surface area contributed by atoms with Crippen molar-refractivity contribution >= 4 is 40.7 Å². The Morgan fingerprint density at radius 3 is 2.60 bits per heavy atom. The van der Waals surface area contributed by atoms with E-state index in [1.54, 1.807) is 62.4 Å². The first kappa shape index (κ1) is 24.7. The number of nitrogens with zero attached hydrogens (tertiary/aromatic N) is 1. The monoisotopic (exact) mass is 514 g/mol. The molecule has 0 radical (unpaired) electrons. The first-order chi connectivity index (χ1) is 16.8. The Balaban J connectivity index is 1.59. The number of carbonyl (C=O) groups excluding carboxylic acids is 2. The van der Waals surface area contributed by atoms with Crippen molar-refractivity contribution in [1.29, 1.82) is 0 Å². The lowest BCUT2D eigenvalue weighted by molar-refractivity contribution is -0.138. The van der Waals surface area contributed by atoms with E-state index >= 15 is 0 Å². The zero-order chi connectivity index (χ0) is 25.1. The Morgan fingerprint density at radius 2 is 1.89 bits per heavy atom. The van der Waals surface area contributed by atoms with Crippen molar-refractivity contribution in [3.05, 3.63) is 81.3 Å². The van der Waals surface area contributed by atoms with Crippen LogP contribution in [0.2, 0.25) is 10.0 Å². The second kappa shape index (κ2) is 10.5. The van der Waals surface area contributed by atoms with Crippen molar-refractivity contribution in [3.8, 4) is 17.2 Å². The molecule has 0 fully saturated rings. The number of para-hydroxylation sites is 1. The minimum atomic E-state index is -0.676. The molecule has 3 aromatic carbocycles. The summed E-state index contributed by atoms with van der Waals surface area (Å²) in [6, 6.07) is 15.5. The molecule has 9 heteroatoms. The summed E-state index contributed by atoms with van der Waals surface area (Å²) in [5.74, 6) is 1.25. The average molecular weight is 515 g/mol. The highest BCUT2D eigenvalue weighted by Gasteiger charge is 2.29. The van der Waals surface area contributed by atoms with Crippen LogP contribution >= 0.6 is 23.2 Å². The van der Waals surface area contributed by atoms with Gasteiger partial charge in [0.15, 0.2) is 17.6 Å². The number of nitrogens with one attached hydrogen (secondary N) is 1. The molecule has 0 bridgehead atoms. The molecule has 0 unspecified atom stereocenters. The molecule has 1 atom stereocenters. The molecule has 0 saturated carbocycles. The van der Waals surface area contributed by atoms with E-state index in [4.69, 9.17) is 37.4 Å². The van der Waals surface area contributed by atoms with Crippen molar-refractivity contribution in [2.24, 2.45) is 0 Å². The number of methoxy groups -OCH3 is 2.